The zero-order chi connectivity index (χ0) is 19.6. The summed E-state index contributed by atoms with van der Waals surface area (Å²) >= 11 is 0. The SMILES string of the molecule is CN=C(NCc1ccccc1CN1CCCC1=O)NC(C)CCCC(C)C. The first kappa shape index (κ1) is 21.3. The second-order valence-corrected chi connectivity index (χ2v) is 7.98. The van der Waals surface area contributed by atoms with E-state index >= 15 is 0 Å². The second kappa shape index (κ2) is 11.0. The van der Waals surface area contributed by atoms with Crippen molar-refractivity contribution >= 4 is 11.9 Å². The van der Waals surface area contributed by atoms with Crippen LogP contribution in [0.4, 0.5) is 0 Å². The van der Waals surface area contributed by atoms with E-state index in [4.69, 9.17) is 0 Å². The van der Waals surface area contributed by atoms with E-state index in [2.05, 4.69) is 54.6 Å². The Morgan fingerprint density at radius 2 is 1.93 bits per heavy atom. The van der Waals surface area contributed by atoms with E-state index in [1.165, 1.54) is 24.0 Å². The van der Waals surface area contributed by atoms with Crippen molar-refractivity contribution in [2.75, 3.05) is 13.6 Å². The molecule has 1 amide bonds. The summed E-state index contributed by atoms with van der Waals surface area (Å²) in [7, 11) is 1.81. The lowest BCUT2D eigenvalue weighted by Crippen LogP contribution is -2.42. The van der Waals surface area contributed by atoms with Gasteiger partial charge in [0.2, 0.25) is 5.91 Å². The highest BCUT2D eigenvalue weighted by Gasteiger charge is 2.20. The van der Waals surface area contributed by atoms with Crippen molar-refractivity contribution < 1.29 is 4.79 Å². The number of hydrogen-bond acceptors (Lipinski definition) is 2. The van der Waals surface area contributed by atoms with E-state index in [1.54, 1.807) is 0 Å². The standard InChI is InChI=1S/C22H36N4O/c1-17(2)9-7-10-18(3)25-22(23-4)24-15-19-11-5-6-12-20(19)16-26-14-8-13-21(26)27/h5-6,11-12,17-18H,7-10,13-16H2,1-4H3,(H2,23,24,25). The highest BCUT2D eigenvalue weighted by molar-refractivity contribution is 5.80. The van der Waals surface area contributed by atoms with Crippen molar-refractivity contribution in [3.8, 4) is 0 Å². The summed E-state index contributed by atoms with van der Waals surface area (Å²) in [6, 6.07) is 8.74. The van der Waals surface area contributed by atoms with Crippen LogP contribution in [0.1, 0.15) is 64.0 Å². The van der Waals surface area contributed by atoms with Crippen LogP contribution in [0.3, 0.4) is 0 Å². The van der Waals surface area contributed by atoms with Crippen molar-refractivity contribution in [2.45, 2.75) is 72.0 Å². The molecule has 150 valence electrons. The summed E-state index contributed by atoms with van der Waals surface area (Å²) in [5.41, 5.74) is 2.42. The molecule has 1 aromatic rings. The van der Waals surface area contributed by atoms with Gasteiger partial charge < -0.3 is 15.5 Å². The van der Waals surface area contributed by atoms with Crippen LogP contribution in [0, 0.1) is 5.92 Å². The maximum absolute atomic E-state index is 11.9. The highest BCUT2D eigenvalue weighted by atomic mass is 16.2. The number of nitrogens with zero attached hydrogens (tertiary/aromatic N) is 2. The highest BCUT2D eigenvalue weighted by Crippen LogP contribution is 2.17. The number of guanidine groups is 1. The third kappa shape index (κ3) is 7.24. The average molecular weight is 373 g/mol. The smallest absolute Gasteiger partial charge is 0.222 e. The number of carbonyl (C=O) groups is 1. The van der Waals surface area contributed by atoms with Crippen molar-refractivity contribution in [1.29, 1.82) is 0 Å². The normalized spacial score (nSPS) is 16.1. The van der Waals surface area contributed by atoms with Gasteiger partial charge in [-0.15, -0.1) is 0 Å². The first-order valence-electron chi connectivity index (χ1n) is 10.3. The molecule has 0 bridgehead atoms. The van der Waals surface area contributed by atoms with Gasteiger partial charge in [-0.05, 0) is 36.8 Å². The number of nitrogens with one attached hydrogen (secondary N) is 2. The predicted octanol–water partition coefficient (Wildman–Crippen LogP) is 3.69. The van der Waals surface area contributed by atoms with Crippen LogP contribution in [0.15, 0.2) is 29.3 Å². The average Bonchev–Trinajstić information content (AvgIpc) is 3.04. The van der Waals surface area contributed by atoms with Crippen molar-refractivity contribution in [3.63, 3.8) is 0 Å². The summed E-state index contributed by atoms with van der Waals surface area (Å²) in [6.07, 6.45) is 5.30. The zero-order valence-corrected chi connectivity index (χ0v) is 17.4. The number of aliphatic imine (C=N–C) groups is 1. The molecule has 0 aliphatic carbocycles. The fourth-order valence-corrected chi connectivity index (χ4v) is 3.47. The Hall–Kier alpha value is -2.04. The van der Waals surface area contributed by atoms with Gasteiger partial charge in [-0.3, -0.25) is 9.79 Å². The number of amides is 1. The maximum atomic E-state index is 11.9. The molecule has 1 saturated heterocycles. The third-order valence-electron chi connectivity index (χ3n) is 5.12. The number of likely N-dealkylation sites (tertiary alicyclic amines) is 1. The number of carbonyl (C=O) groups excluding carboxylic acids is 1. The summed E-state index contributed by atoms with van der Waals surface area (Å²) in [5.74, 6) is 1.86. The summed E-state index contributed by atoms with van der Waals surface area (Å²) in [5, 5.41) is 6.91. The molecule has 5 heteroatoms. The maximum Gasteiger partial charge on any atom is 0.222 e. The molecule has 1 unspecified atom stereocenters. The Morgan fingerprint density at radius 3 is 2.56 bits per heavy atom. The van der Waals surface area contributed by atoms with Gasteiger partial charge in [-0.1, -0.05) is 51.0 Å². The molecular weight excluding hydrogens is 336 g/mol. The van der Waals surface area contributed by atoms with Crippen LogP contribution in [0.25, 0.3) is 0 Å². The van der Waals surface area contributed by atoms with Gasteiger partial charge in [-0.25, -0.2) is 0 Å². The monoisotopic (exact) mass is 372 g/mol. The van der Waals surface area contributed by atoms with E-state index in [9.17, 15) is 4.79 Å². The molecule has 1 atom stereocenters. The van der Waals surface area contributed by atoms with E-state index in [0.29, 0.717) is 25.6 Å². The summed E-state index contributed by atoms with van der Waals surface area (Å²) < 4.78 is 0. The molecule has 1 fully saturated rings. The van der Waals surface area contributed by atoms with E-state index in [0.717, 1.165) is 31.3 Å². The molecule has 1 aliphatic rings. The Morgan fingerprint density at radius 1 is 1.19 bits per heavy atom. The molecule has 0 aromatic heterocycles. The van der Waals surface area contributed by atoms with Gasteiger partial charge in [0.1, 0.15) is 0 Å². The van der Waals surface area contributed by atoms with E-state index in [1.807, 2.05) is 18.0 Å². The minimum atomic E-state index is 0.269. The Labute approximate surface area is 164 Å². The molecule has 1 aromatic carbocycles. The molecule has 1 aliphatic heterocycles. The minimum absolute atomic E-state index is 0.269. The van der Waals surface area contributed by atoms with Crippen molar-refractivity contribution in [3.05, 3.63) is 35.4 Å². The lowest BCUT2D eigenvalue weighted by atomic mass is 10.0. The molecular formula is C22H36N4O. The molecule has 2 N–H and O–H groups in total. The van der Waals surface area contributed by atoms with Gasteiger partial charge >= 0.3 is 0 Å². The Balaban J connectivity index is 1.86. The predicted molar refractivity (Wildman–Crippen MR) is 113 cm³/mol. The summed E-state index contributed by atoms with van der Waals surface area (Å²) in [6.45, 7) is 9.03. The first-order chi connectivity index (χ1) is 13.0. The van der Waals surface area contributed by atoms with Crippen LogP contribution >= 0.6 is 0 Å². The molecule has 2 rings (SSSR count). The van der Waals surface area contributed by atoms with Crippen LogP contribution < -0.4 is 10.6 Å². The molecule has 0 saturated carbocycles. The van der Waals surface area contributed by atoms with Gasteiger partial charge in [0.05, 0.1) is 0 Å². The fraction of sp³-hybridized carbons (Fsp3) is 0.636. The van der Waals surface area contributed by atoms with E-state index < -0.39 is 0 Å². The lowest BCUT2D eigenvalue weighted by molar-refractivity contribution is -0.128. The van der Waals surface area contributed by atoms with Crippen molar-refractivity contribution in [1.82, 2.24) is 15.5 Å². The molecule has 27 heavy (non-hydrogen) atoms. The minimum Gasteiger partial charge on any atom is -0.354 e. The zero-order valence-electron chi connectivity index (χ0n) is 17.4. The second-order valence-electron chi connectivity index (χ2n) is 7.98. The van der Waals surface area contributed by atoms with Gasteiger partial charge in [0.25, 0.3) is 0 Å². The lowest BCUT2D eigenvalue weighted by Gasteiger charge is -2.21. The third-order valence-corrected chi connectivity index (χ3v) is 5.12. The molecule has 0 radical (unpaired) electrons. The van der Waals surface area contributed by atoms with Gasteiger partial charge in [0, 0.05) is 39.1 Å². The van der Waals surface area contributed by atoms with Crippen LogP contribution in [-0.2, 0) is 17.9 Å². The van der Waals surface area contributed by atoms with Gasteiger partial charge in [-0.2, -0.15) is 0 Å². The van der Waals surface area contributed by atoms with Crippen LogP contribution in [0.5, 0.6) is 0 Å². The molecule has 1 heterocycles. The van der Waals surface area contributed by atoms with Gasteiger partial charge in [0.15, 0.2) is 5.96 Å². The fourth-order valence-electron chi connectivity index (χ4n) is 3.47. The first-order valence-corrected chi connectivity index (χ1v) is 10.3. The van der Waals surface area contributed by atoms with Crippen LogP contribution in [-0.4, -0.2) is 36.4 Å². The largest absolute Gasteiger partial charge is 0.354 e. The number of benzene rings is 1. The van der Waals surface area contributed by atoms with Crippen LogP contribution in [0.2, 0.25) is 0 Å². The van der Waals surface area contributed by atoms with Crippen molar-refractivity contribution in [2.24, 2.45) is 10.9 Å². The Kier molecular flexibility index (Phi) is 8.62. The quantitative estimate of drug-likeness (QED) is 0.513. The van der Waals surface area contributed by atoms with E-state index in [-0.39, 0.29) is 5.91 Å². The summed E-state index contributed by atoms with van der Waals surface area (Å²) in [4.78, 5) is 18.3. The Bertz CT molecular complexity index is 626. The molecule has 5 nitrogen and oxygen atoms in total. The number of rotatable bonds is 9. The topological polar surface area (TPSA) is 56.7 Å². The molecule has 0 spiro atoms. The number of hydrogen-bond donors (Lipinski definition) is 2.